The van der Waals surface area contributed by atoms with Crippen LogP contribution in [0.3, 0.4) is 0 Å². The number of rotatable bonds is 9. The Balaban J connectivity index is 1.72. The molecule has 0 fully saturated rings. The molecule has 2 atom stereocenters. The minimum Gasteiger partial charge on any atom is -0.497 e. The number of aliphatic hydroxyl groups is 1. The van der Waals surface area contributed by atoms with Crippen molar-refractivity contribution in [2.24, 2.45) is 5.41 Å². The molecule has 3 rings (SSSR count). The van der Waals surface area contributed by atoms with Crippen LogP contribution in [0.15, 0.2) is 24.3 Å². The quantitative estimate of drug-likeness (QED) is 0.460. The molecule has 1 aliphatic rings. The van der Waals surface area contributed by atoms with E-state index in [1.165, 1.54) is 0 Å². The smallest absolute Gasteiger partial charge is 0.268 e. The van der Waals surface area contributed by atoms with Crippen molar-refractivity contribution in [3.63, 3.8) is 0 Å². The first-order valence-corrected chi connectivity index (χ1v) is 11.8. The summed E-state index contributed by atoms with van der Waals surface area (Å²) in [5.41, 5.74) is 3.81. The van der Waals surface area contributed by atoms with Crippen LogP contribution < -0.4 is 15.4 Å². The van der Waals surface area contributed by atoms with E-state index in [0.29, 0.717) is 25.1 Å². The molecule has 2 amide bonds. The number of benzene rings is 1. The van der Waals surface area contributed by atoms with Crippen molar-refractivity contribution in [1.82, 2.24) is 15.6 Å². The normalized spacial score (nSPS) is 17.7. The van der Waals surface area contributed by atoms with E-state index in [1.807, 2.05) is 31.2 Å². The topological polar surface area (TPSA) is 103 Å². The summed E-state index contributed by atoms with van der Waals surface area (Å²) in [6, 6.07) is 6.89. The minimum absolute atomic E-state index is 0.0406. The second-order valence-corrected chi connectivity index (χ2v) is 9.82. The zero-order chi connectivity index (χ0) is 24.2. The number of nitrogens with one attached hydrogen (secondary N) is 3. The summed E-state index contributed by atoms with van der Waals surface area (Å²) >= 11 is 0. The molecule has 1 heterocycles. The standard InChI is InChI=1S/C26H37N3O4/c1-6-7-11-19(24(31)27-15-17-9-8-10-18(12-17)33-5)29-25(32)23-16(2)22-20(28-23)13-26(3,4)14-21(22)30/h8-10,12,19,21,28,30H,6-7,11,13-15H2,1-5H3,(H,27,31)(H,29,32). The van der Waals surface area contributed by atoms with E-state index >= 15 is 0 Å². The van der Waals surface area contributed by atoms with Crippen LogP contribution in [0.1, 0.15) is 85.4 Å². The molecule has 0 radical (unpaired) electrons. The van der Waals surface area contributed by atoms with Crippen molar-refractivity contribution >= 4 is 11.8 Å². The fraction of sp³-hybridized carbons (Fsp3) is 0.538. The lowest BCUT2D eigenvalue weighted by Crippen LogP contribution is -2.46. The van der Waals surface area contributed by atoms with Crippen LogP contribution in [0.5, 0.6) is 5.75 Å². The van der Waals surface area contributed by atoms with Gasteiger partial charge in [0.1, 0.15) is 17.5 Å². The number of unbranched alkanes of at least 4 members (excludes halogenated alkanes) is 1. The van der Waals surface area contributed by atoms with Gasteiger partial charge in [-0.05, 0) is 54.9 Å². The van der Waals surface area contributed by atoms with Gasteiger partial charge in [-0.25, -0.2) is 0 Å². The number of carbonyl (C=O) groups is 2. The number of H-pyrrole nitrogens is 1. The number of methoxy groups -OCH3 is 1. The lowest BCUT2D eigenvalue weighted by atomic mass is 9.75. The molecule has 1 aliphatic carbocycles. The molecule has 180 valence electrons. The lowest BCUT2D eigenvalue weighted by molar-refractivity contribution is -0.123. The molecule has 33 heavy (non-hydrogen) atoms. The van der Waals surface area contributed by atoms with Crippen LogP contribution in [0.4, 0.5) is 0 Å². The highest BCUT2D eigenvalue weighted by Gasteiger charge is 2.35. The molecule has 1 aromatic carbocycles. The second-order valence-electron chi connectivity index (χ2n) is 9.82. The first kappa shape index (κ1) is 24.8. The maximum atomic E-state index is 13.2. The minimum atomic E-state index is -0.635. The van der Waals surface area contributed by atoms with Gasteiger partial charge in [0.2, 0.25) is 5.91 Å². The van der Waals surface area contributed by atoms with Crippen molar-refractivity contribution in [3.05, 3.63) is 52.3 Å². The van der Waals surface area contributed by atoms with E-state index in [9.17, 15) is 14.7 Å². The average molecular weight is 456 g/mol. The second kappa shape index (κ2) is 10.4. The van der Waals surface area contributed by atoms with Gasteiger partial charge < -0.3 is 25.5 Å². The predicted molar refractivity (Wildman–Crippen MR) is 128 cm³/mol. The van der Waals surface area contributed by atoms with Crippen LogP contribution >= 0.6 is 0 Å². The summed E-state index contributed by atoms with van der Waals surface area (Å²) in [5.74, 6) is 0.202. The number of aromatic amines is 1. The van der Waals surface area contributed by atoms with Crippen molar-refractivity contribution in [3.8, 4) is 5.75 Å². The third-order valence-electron chi connectivity index (χ3n) is 6.41. The number of ether oxygens (including phenoxy) is 1. The van der Waals surface area contributed by atoms with E-state index in [2.05, 4.69) is 36.4 Å². The van der Waals surface area contributed by atoms with Gasteiger partial charge in [-0.3, -0.25) is 9.59 Å². The van der Waals surface area contributed by atoms with E-state index < -0.39 is 12.1 Å². The highest BCUT2D eigenvalue weighted by atomic mass is 16.5. The monoisotopic (exact) mass is 455 g/mol. The van der Waals surface area contributed by atoms with Crippen LogP contribution in [-0.4, -0.2) is 35.1 Å². The number of fused-ring (bicyclic) bond motifs is 1. The third kappa shape index (κ3) is 5.96. The Hall–Kier alpha value is -2.80. The molecule has 7 heteroatoms. The number of hydrogen-bond donors (Lipinski definition) is 4. The fourth-order valence-electron chi connectivity index (χ4n) is 4.67. The van der Waals surface area contributed by atoms with E-state index in [1.54, 1.807) is 7.11 Å². The summed E-state index contributed by atoms with van der Waals surface area (Å²) in [6.07, 6.45) is 3.14. The van der Waals surface area contributed by atoms with Crippen molar-refractivity contribution in [2.45, 2.75) is 78.5 Å². The summed E-state index contributed by atoms with van der Waals surface area (Å²) < 4.78 is 5.24. The first-order chi connectivity index (χ1) is 15.6. The maximum absolute atomic E-state index is 13.2. The average Bonchev–Trinajstić information content (AvgIpc) is 3.10. The fourth-order valence-corrected chi connectivity index (χ4v) is 4.67. The Labute approximate surface area is 196 Å². The van der Waals surface area contributed by atoms with Gasteiger partial charge in [0.05, 0.1) is 13.2 Å². The number of carbonyl (C=O) groups excluding carboxylic acids is 2. The molecule has 2 aromatic rings. The molecular formula is C26H37N3O4. The largest absolute Gasteiger partial charge is 0.497 e. The van der Waals surface area contributed by atoms with E-state index in [-0.39, 0.29) is 17.2 Å². The molecule has 1 aromatic heterocycles. The van der Waals surface area contributed by atoms with E-state index in [4.69, 9.17) is 4.74 Å². The van der Waals surface area contributed by atoms with Gasteiger partial charge in [-0.1, -0.05) is 45.7 Å². The number of aromatic nitrogens is 1. The molecule has 0 saturated carbocycles. The summed E-state index contributed by atoms with van der Waals surface area (Å²) in [7, 11) is 1.61. The van der Waals surface area contributed by atoms with Crippen LogP contribution in [0.25, 0.3) is 0 Å². The van der Waals surface area contributed by atoms with Gasteiger partial charge >= 0.3 is 0 Å². The number of amides is 2. The Bertz CT molecular complexity index is 995. The van der Waals surface area contributed by atoms with Gasteiger partial charge in [0.25, 0.3) is 5.91 Å². The van der Waals surface area contributed by atoms with Crippen molar-refractivity contribution < 1.29 is 19.4 Å². The Morgan fingerprint density at radius 3 is 2.79 bits per heavy atom. The van der Waals surface area contributed by atoms with Crippen LogP contribution in [-0.2, 0) is 17.8 Å². The van der Waals surface area contributed by atoms with E-state index in [0.717, 1.165) is 47.4 Å². The highest BCUT2D eigenvalue weighted by molar-refractivity contribution is 5.97. The Kier molecular flexibility index (Phi) is 7.84. The lowest BCUT2D eigenvalue weighted by Gasteiger charge is -2.33. The summed E-state index contributed by atoms with van der Waals surface area (Å²) in [5, 5.41) is 16.5. The van der Waals surface area contributed by atoms with Gasteiger partial charge in [-0.2, -0.15) is 0 Å². The molecule has 0 saturated heterocycles. The van der Waals surface area contributed by atoms with Gasteiger partial charge in [-0.15, -0.1) is 0 Å². The van der Waals surface area contributed by atoms with Gasteiger partial charge in [0, 0.05) is 17.8 Å². The highest BCUT2D eigenvalue weighted by Crippen LogP contribution is 2.42. The Morgan fingerprint density at radius 2 is 2.09 bits per heavy atom. The Morgan fingerprint density at radius 1 is 1.33 bits per heavy atom. The zero-order valence-corrected chi connectivity index (χ0v) is 20.4. The van der Waals surface area contributed by atoms with Crippen molar-refractivity contribution in [2.75, 3.05) is 7.11 Å². The first-order valence-electron chi connectivity index (χ1n) is 11.8. The summed E-state index contributed by atoms with van der Waals surface area (Å²) in [4.78, 5) is 29.4. The van der Waals surface area contributed by atoms with Crippen LogP contribution in [0.2, 0.25) is 0 Å². The molecular weight excluding hydrogens is 418 g/mol. The third-order valence-corrected chi connectivity index (χ3v) is 6.41. The van der Waals surface area contributed by atoms with Gasteiger partial charge in [0.15, 0.2) is 0 Å². The van der Waals surface area contributed by atoms with Crippen molar-refractivity contribution in [1.29, 1.82) is 0 Å². The molecule has 0 spiro atoms. The molecule has 2 unspecified atom stereocenters. The molecule has 0 bridgehead atoms. The van der Waals surface area contributed by atoms with Crippen LogP contribution in [0, 0.1) is 12.3 Å². The SMILES string of the molecule is CCCCC(NC(=O)c1[nH]c2c(c1C)C(O)CC(C)(C)C2)C(=O)NCc1cccc(OC)c1. The summed E-state index contributed by atoms with van der Waals surface area (Å²) in [6.45, 7) is 8.49. The molecule has 4 N–H and O–H groups in total. The molecule has 7 nitrogen and oxygen atoms in total. The maximum Gasteiger partial charge on any atom is 0.268 e. The predicted octanol–water partition coefficient (Wildman–Crippen LogP) is 3.94. The zero-order valence-electron chi connectivity index (χ0n) is 20.4. The molecule has 0 aliphatic heterocycles. The number of hydrogen-bond acceptors (Lipinski definition) is 4. The number of aliphatic hydroxyl groups excluding tert-OH is 1.